The second-order valence-corrected chi connectivity index (χ2v) is 7.97. The van der Waals surface area contributed by atoms with Crippen LogP contribution in [0.15, 0.2) is 72.8 Å². The predicted molar refractivity (Wildman–Crippen MR) is 134 cm³/mol. The van der Waals surface area contributed by atoms with Crippen LogP contribution in [0.25, 0.3) is 5.70 Å². The van der Waals surface area contributed by atoms with Crippen molar-refractivity contribution in [3.05, 3.63) is 107 Å². The molecule has 2 aromatic carbocycles. The van der Waals surface area contributed by atoms with E-state index in [0.717, 1.165) is 24.3 Å². The number of esters is 1. The summed E-state index contributed by atoms with van der Waals surface area (Å²) in [6.45, 7) is 3.17. The number of alkyl halides is 3. The summed E-state index contributed by atoms with van der Waals surface area (Å²) >= 11 is 0. The smallest absolute Gasteiger partial charge is 0.416 e. The molecule has 3 rings (SSSR count). The van der Waals surface area contributed by atoms with Gasteiger partial charge in [-0.25, -0.2) is 18.6 Å². The van der Waals surface area contributed by atoms with E-state index in [1.807, 2.05) is 0 Å². The molecule has 10 heteroatoms. The van der Waals surface area contributed by atoms with Gasteiger partial charge in [0.05, 0.1) is 17.9 Å². The van der Waals surface area contributed by atoms with Crippen molar-refractivity contribution < 1.29 is 36.2 Å². The SMILES string of the molecule is C/C=C/C=C(/c1cc(C(F)(F)F)ccc1OCc1ccc(F)cc1F)N(C)c1cccc(C(=O)OCC)n1. The van der Waals surface area contributed by atoms with Gasteiger partial charge in [-0.15, -0.1) is 0 Å². The molecule has 0 fully saturated rings. The third-order valence-corrected chi connectivity index (χ3v) is 5.35. The van der Waals surface area contributed by atoms with Crippen molar-refractivity contribution in [2.45, 2.75) is 26.6 Å². The Labute approximate surface area is 216 Å². The zero-order valence-electron chi connectivity index (χ0n) is 20.9. The maximum Gasteiger partial charge on any atom is 0.416 e. The summed E-state index contributed by atoms with van der Waals surface area (Å²) in [5.41, 5.74) is -0.605. The van der Waals surface area contributed by atoms with Crippen LogP contribution in [0.5, 0.6) is 5.75 Å². The molecule has 5 nitrogen and oxygen atoms in total. The lowest BCUT2D eigenvalue weighted by Crippen LogP contribution is -2.19. The number of ether oxygens (including phenoxy) is 2. The van der Waals surface area contributed by atoms with E-state index in [2.05, 4.69) is 4.98 Å². The number of benzene rings is 2. The molecule has 0 N–H and O–H groups in total. The topological polar surface area (TPSA) is 51.7 Å². The third kappa shape index (κ3) is 6.96. The Morgan fingerprint density at radius 2 is 1.84 bits per heavy atom. The summed E-state index contributed by atoms with van der Waals surface area (Å²) in [7, 11) is 1.57. The summed E-state index contributed by atoms with van der Waals surface area (Å²) < 4.78 is 79.2. The third-order valence-electron chi connectivity index (χ3n) is 5.35. The first-order valence-corrected chi connectivity index (χ1v) is 11.5. The molecule has 38 heavy (non-hydrogen) atoms. The Hall–Kier alpha value is -4.21. The first-order chi connectivity index (χ1) is 18.0. The fraction of sp³-hybridized carbons (Fsp3) is 0.214. The Morgan fingerprint density at radius 3 is 2.50 bits per heavy atom. The number of halogens is 5. The predicted octanol–water partition coefficient (Wildman–Crippen LogP) is 7.19. The molecule has 0 spiro atoms. The largest absolute Gasteiger partial charge is 0.488 e. The Balaban J connectivity index is 2.09. The van der Waals surface area contributed by atoms with Crippen LogP contribution in [0.3, 0.4) is 0 Å². The minimum atomic E-state index is -4.65. The van der Waals surface area contributed by atoms with E-state index in [9.17, 15) is 26.7 Å². The van der Waals surface area contributed by atoms with Gasteiger partial charge in [0, 0.05) is 24.2 Å². The monoisotopic (exact) mass is 532 g/mol. The highest BCUT2D eigenvalue weighted by Crippen LogP contribution is 2.37. The van der Waals surface area contributed by atoms with Crippen molar-refractivity contribution >= 4 is 17.5 Å². The molecule has 3 aromatic rings. The Morgan fingerprint density at radius 1 is 1.08 bits per heavy atom. The van der Waals surface area contributed by atoms with Gasteiger partial charge >= 0.3 is 12.1 Å². The van der Waals surface area contributed by atoms with Crippen molar-refractivity contribution in [3.63, 3.8) is 0 Å². The number of aromatic nitrogens is 1. The van der Waals surface area contributed by atoms with E-state index in [-0.39, 0.29) is 47.3 Å². The van der Waals surface area contributed by atoms with E-state index in [1.54, 1.807) is 51.3 Å². The average Bonchev–Trinajstić information content (AvgIpc) is 2.88. The van der Waals surface area contributed by atoms with Crippen molar-refractivity contribution in [2.75, 3.05) is 18.6 Å². The minimum Gasteiger partial charge on any atom is -0.488 e. The van der Waals surface area contributed by atoms with E-state index in [4.69, 9.17) is 9.47 Å². The molecule has 0 unspecified atom stereocenters. The van der Waals surface area contributed by atoms with Gasteiger partial charge < -0.3 is 14.4 Å². The molecule has 0 saturated heterocycles. The number of hydrogen-bond acceptors (Lipinski definition) is 5. The molecule has 0 aliphatic heterocycles. The van der Waals surface area contributed by atoms with Crippen molar-refractivity contribution in [1.29, 1.82) is 0 Å². The minimum absolute atomic E-state index is 0.0193. The van der Waals surface area contributed by atoms with Gasteiger partial charge in [-0.1, -0.05) is 18.2 Å². The Kier molecular flexibility index (Phi) is 9.22. The van der Waals surface area contributed by atoms with Crippen LogP contribution in [-0.2, 0) is 17.5 Å². The highest BCUT2D eigenvalue weighted by Gasteiger charge is 2.32. The summed E-state index contributed by atoms with van der Waals surface area (Å²) in [6, 6.07) is 10.5. The van der Waals surface area contributed by atoms with Gasteiger partial charge in [0.25, 0.3) is 0 Å². The van der Waals surface area contributed by atoms with Crippen LogP contribution in [0, 0.1) is 11.6 Å². The molecular formula is C28H25F5N2O3. The van der Waals surface area contributed by atoms with Gasteiger partial charge in [-0.3, -0.25) is 0 Å². The lowest BCUT2D eigenvalue weighted by atomic mass is 10.0. The molecule has 0 aliphatic rings. The molecule has 200 valence electrons. The van der Waals surface area contributed by atoms with Crippen molar-refractivity contribution in [1.82, 2.24) is 4.98 Å². The van der Waals surface area contributed by atoms with E-state index in [1.165, 1.54) is 17.0 Å². The normalized spacial score (nSPS) is 12.1. The molecule has 0 bridgehead atoms. The number of allylic oxidation sites excluding steroid dienone is 3. The average molecular weight is 533 g/mol. The van der Waals surface area contributed by atoms with Gasteiger partial charge in [-0.05, 0) is 62.4 Å². The number of hydrogen-bond donors (Lipinski definition) is 0. The number of pyridine rings is 1. The molecule has 0 atom stereocenters. The number of anilines is 1. The van der Waals surface area contributed by atoms with Crippen LogP contribution in [-0.4, -0.2) is 24.6 Å². The van der Waals surface area contributed by atoms with Crippen LogP contribution in [0.4, 0.5) is 27.8 Å². The van der Waals surface area contributed by atoms with E-state index < -0.39 is 29.3 Å². The van der Waals surface area contributed by atoms with Gasteiger partial charge in [-0.2, -0.15) is 13.2 Å². The number of rotatable bonds is 9. The van der Waals surface area contributed by atoms with Gasteiger partial charge in [0.2, 0.25) is 0 Å². The van der Waals surface area contributed by atoms with Gasteiger partial charge in [0.1, 0.15) is 29.8 Å². The Bertz CT molecular complexity index is 1350. The summed E-state index contributed by atoms with van der Waals surface area (Å²) in [5.74, 6) is -1.99. The fourth-order valence-electron chi connectivity index (χ4n) is 3.45. The quantitative estimate of drug-likeness (QED) is 0.166. The van der Waals surface area contributed by atoms with Crippen molar-refractivity contribution in [2.24, 2.45) is 0 Å². The molecule has 0 aliphatic carbocycles. The molecule has 0 saturated carbocycles. The maximum absolute atomic E-state index is 14.2. The van der Waals surface area contributed by atoms with Crippen LogP contribution < -0.4 is 9.64 Å². The summed E-state index contributed by atoms with van der Waals surface area (Å²) in [4.78, 5) is 18.0. The zero-order chi connectivity index (χ0) is 27.9. The molecular weight excluding hydrogens is 507 g/mol. The van der Waals surface area contributed by atoms with Crippen molar-refractivity contribution in [3.8, 4) is 5.75 Å². The summed E-state index contributed by atoms with van der Waals surface area (Å²) in [5, 5.41) is 0. The van der Waals surface area contributed by atoms with E-state index in [0.29, 0.717) is 6.07 Å². The second kappa shape index (κ2) is 12.4. The zero-order valence-corrected chi connectivity index (χ0v) is 20.9. The van der Waals surface area contributed by atoms with Crippen LogP contribution in [0.1, 0.15) is 41.0 Å². The van der Waals surface area contributed by atoms with E-state index >= 15 is 0 Å². The number of carbonyl (C=O) groups is 1. The molecule has 0 amide bonds. The first-order valence-electron chi connectivity index (χ1n) is 11.5. The fourth-order valence-corrected chi connectivity index (χ4v) is 3.45. The molecule has 1 aromatic heterocycles. The lowest BCUT2D eigenvalue weighted by Gasteiger charge is -2.25. The number of carbonyl (C=O) groups excluding carboxylic acids is 1. The maximum atomic E-state index is 14.2. The lowest BCUT2D eigenvalue weighted by molar-refractivity contribution is -0.137. The first kappa shape index (κ1) is 28.4. The standard InChI is InChI=1S/C28H25F5N2O3/c1-4-6-9-24(35(3)26-10-7-8-23(34-26)27(36)37-5-2)21-15-19(28(31,32)33)12-14-25(21)38-17-18-11-13-20(29)16-22(18)30/h4,6-16H,5,17H2,1-3H3/b6-4+,24-9-. The highest BCUT2D eigenvalue weighted by molar-refractivity contribution is 5.88. The highest BCUT2D eigenvalue weighted by atomic mass is 19.4. The second-order valence-electron chi connectivity index (χ2n) is 7.97. The molecule has 1 heterocycles. The number of nitrogens with zero attached hydrogens (tertiary/aromatic N) is 2. The molecule has 0 radical (unpaired) electrons. The van der Waals surface area contributed by atoms with Crippen LogP contribution >= 0.6 is 0 Å². The van der Waals surface area contributed by atoms with Crippen LogP contribution in [0.2, 0.25) is 0 Å². The summed E-state index contributed by atoms with van der Waals surface area (Å²) in [6.07, 6.45) is 0.200. The van der Waals surface area contributed by atoms with Gasteiger partial charge in [0.15, 0.2) is 5.69 Å².